The Morgan fingerprint density at radius 3 is 2.84 bits per heavy atom. The van der Waals surface area contributed by atoms with Gasteiger partial charge in [-0.3, -0.25) is 9.78 Å². The molecule has 5 nitrogen and oxygen atoms in total. The van der Waals surface area contributed by atoms with E-state index >= 15 is 0 Å². The summed E-state index contributed by atoms with van der Waals surface area (Å²) < 4.78 is 5.63. The molecule has 0 spiro atoms. The van der Waals surface area contributed by atoms with Crippen LogP contribution < -0.4 is 10.1 Å². The molecule has 19 heavy (non-hydrogen) atoms. The van der Waals surface area contributed by atoms with Crippen LogP contribution in [0.1, 0.15) is 24.2 Å². The van der Waals surface area contributed by atoms with Crippen molar-refractivity contribution in [3.8, 4) is 5.75 Å². The van der Waals surface area contributed by atoms with Crippen molar-refractivity contribution < 1.29 is 9.53 Å². The fourth-order valence-corrected chi connectivity index (χ4v) is 2.22. The smallest absolute Gasteiger partial charge is 0.260 e. The van der Waals surface area contributed by atoms with Crippen LogP contribution in [0.25, 0.3) is 0 Å². The van der Waals surface area contributed by atoms with Crippen LogP contribution in [0.15, 0.2) is 12.1 Å². The number of hydrogen-bond acceptors (Lipinski definition) is 4. The molecule has 0 aromatic carbocycles. The van der Waals surface area contributed by atoms with Gasteiger partial charge in [0.2, 0.25) is 0 Å². The van der Waals surface area contributed by atoms with Gasteiger partial charge in [0.05, 0.1) is 5.69 Å². The van der Waals surface area contributed by atoms with Gasteiger partial charge in [-0.2, -0.15) is 0 Å². The molecule has 1 aliphatic heterocycles. The third kappa shape index (κ3) is 3.67. The number of nitrogens with one attached hydrogen (secondary N) is 1. The molecule has 1 aromatic heterocycles. The van der Waals surface area contributed by atoms with Crippen LogP contribution in [0.4, 0.5) is 0 Å². The lowest BCUT2D eigenvalue weighted by atomic mass is 10.3. The van der Waals surface area contributed by atoms with E-state index in [4.69, 9.17) is 4.74 Å². The van der Waals surface area contributed by atoms with Crippen LogP contribution in [0.3, 0.4) is 0 Å². The molecule has 0 saturated carbocycles. The summed E-state index contributed by atoms with van der Waals surface area (Å²) in [4.78, 5) is 18.2. The average molecular weight is 263 g/mol. The predicted molar refractivity (Wildman–Crippen MR) is 73.0 cm³/mol. The second kappa shape index (κ2) is 6.52. The Hall–Kier alpha value is -1.62. The van der Waals surface area contributed by atoms with E-state index in [1.165, 1.54) is 0 Å². The van der Waals surface area contributed by atoms with E-state index in [0.717, 1.165) is 37.3 Å². The maximum atomic E-state index is 11.9. The molecule has 0 unspecified atom stereocenters. The third-order valence-electron chi connectivity index (χ3n) is 3.23. The number of amides is 1. The first-order valence-electron chi connectivity index (χ1n) is 6.72. The van der Waals surface area contributed by atoms with E-state index in [1.54, 1.807) is 0 Å². The Labute approximate surface area is 114 Å². The zero-order valence-electron chi connectivity index (χ0n) is 11.6. The Morgan fingerprint density at radius 2 is 2.16 bits per heavy atom. The molecule has 2 heterocycles. The van der Waals surface area contributed by atoms with Gasteiger partial charge in [-0.1, -0.05) is 0 Å². The number of nitrogens with zero attached hydrogens (tertiary/aromatic N) is 2. The fraction of sp³-hybridized carbons (Fsp3) is 0.571. The molecular formula is C14H21N3O2. The molecule has 1 N–H and O–H groups in total. The molecule has 1 aromatic rings. The predicted octanol–water partition coefficient (Wildman–Crippen LogP) is 1.11. The fourth-order valence-electron chi connectivity index (χ4n) is 2.22. The zero-order valence-corrected chi connectivity index (χ0v) is 11.6. The van der Waals surface area contributed by atoms with Crippen molar-refractivity contribution in [3.05, 3.63) is 23.5 Å². The van der Waals surface area contributed by atoms with Gasteiger partial charge in [0, 0.05) is 25.3 Å². The van der Waals surface area contributed by atoms with Gasteiger partial charge in [-0.15, -0.1) is 0 Å². The van der Waals surface area contributed by atoms with Crippen LogP contribution in [-0.2, 0) is 11.3 Å². The molecule has 1 fully saturated rings. The highest BCUT2D eigenvalue weighted by atomic mass is 16.5. The Bertz CT molecular complexity index is 442. The van der Waals surface area contributed by atoms with E-state index in [0.29, 0.717) is 12.3 Å². The van der Waals surface area contributed by atoms with E-state index in [9.17, 15) is 4.79 Å². The van der Waals surface area contributed by atoms with Gasteiger partial charge in [-0.25, -0.2) is 0 Å². The second-order valence-corrected chi connectivity index (χ2v) is 4.80. The van der Waals surface area contributed by atoms with Gasteiger partial charge in [0.1, 0.15) is 5.75 Å². The van der Waals surface area contributed by atoms with E-state index in [2.05, 4.69) is 10.3 Å². The number of ether oxygens (including phenoxy) is 1. The van der Waals surface area contributed by atoms with Crippen LogP contribution in [0.5, 0.6) is 5.75 Å². The van der Waals surface area contributed by atoms with Crippen molar-refractivity contribution in [2.24, 2.45) is 0 Å². The lowest BCUT2D eigenvalue weighted by molar-refractivity contribution is -0.132. The van der Waals surface area contributed by atoms with Gasteiger partial charge < -0.3 is 15.0 Å². The Balaban J connectivity index is 1.96. The summed E-state index contributed by atoms with van der Waals surface area (Å²) >= 11 is 0. The summed E-state index contributed by atoms with van der Waals surface area (Å²) in [7, 11) is 1.86. The molecule has 0 bridgehead atoms. The Kier molecular flexibility index (Phi) is 4.74. The van der Waals surface area contributed by atoms with Crippen molar-refractivity contribution in [3.63, 3.8) is 0 Å². The number of carbonyl (C=O) groups excluding carboxylic acids is 1. The average Bonchev–Trinajstić information content (AvgIpc) is 2.92. The molecule has 1 aliphatic rings. The second-order valence-electron chi connectivity index (χ2n) is 4.80. The molecule has 0 atom stereocenters. The summed E-state index contributed by atoms with van der Waals surface area (Å²) in [5, 5.41) is 3.06. The standard InChI is InChI=1S/C14H21N3O2/c1-11-5-6-13(12(16-11)9-15-2)19-10-14(18)17-7-3-4-8-17/h5-6,15H,3-4,7-10H2,1-2H3. The molecule has 2 rings (SSSR count). The highest BCUT2D eigenvalue weighted by Gasteiger charge is 2.18. The molecule has 0 aliphatic carbocycles. The number of rotatable bonds is 5. The number of likely N-dealkylation sites (tertiary alicyclic amines) is 1. The van der Waals surface area contributed by atoms with Crippen molar-refractivity contribution in [2.75, 3.05) is 26.7 Å². The number of pyridine rings is 1. The Morgan fingerprint density at radius 1 is 1.42 bits per heavy atom. The minimum Gasteiger partial charge on any atom is -0.482 e. The largest absolute Gasteiger partial charge is 0.482 e. The van der Waals surface area contributed by atoms with E-state index < -0.39 is 0 Å². The first-order valence-corrected chi connectivity index (χ1v) is 6.72. The number of aromatic nitrogens is 1. The normalized spacial score (nSPS) is 14.7. The van der Waals surface area contributed by atoms with E-state index in [-0.39, 0.29) is 12.5 Å². The van der Waals surface area contributed by atoms with Gasteiger partial charge in [0.25, 0.3) is 5.91 Å². The first-order chi connectivity index (χ1) is 9.20. The summed E-state index contributed by atoms with van der Waals surface area (Å²) in [6.07, 6.45) is 2.20. The van der Waals surface area contributed by atoms with Gasteiger partial charge in [-0.05, 0) is 38.9 Å². The summed E-state index contributed by atoms with van der Waals surface area (Å²) in [5.41, 5.74) is 1.79. The summed E-state index contributed by atoms with van der Waals surface area (Å²) in [6, 6.07) is 3.78. The van der Waals surface area contributed by atoms with Crippen molar-refractivity contribution in [1.29, 1.82) is 0 Å². The van der Waals surface area contributed by atoms with Crippen LogP contribution in [0.2, 0.25) is 0 Å². The van der Waals surface area contributed by atoms with Crippen molar-refractivity contribution >= 4 is 5.91 Å². The first kappa shape index (κ1) is 13.8. The maximum absolute atomic E-state index is 11.9. The van der Waals surface area contributed by atoms with Crippen LogP contribution in [-0.4, -0.2) is 42.5 Å². The molecule has 1 amide bonds. The lowest BCUT2D eigenvalue weighted by Gasteiger charge is -2.16. The highest BCUT2D eigenvalue weighted by Crippen LogP contribution is 2.17. The van der Waals surface area contributed by atoms with Crippen LogP contribution in [0, 0.1) is 6.92 Å². The van der Waals surface area contributed by atoms with Crippen molar-refractivity contribution in [2.45, 2.75) is 26.3 Å². The molecule has 1 saturated heterocycles. The minimum atomic E-state index is 0.0634. The minimum absolute atomic E-state index is 0.0634. The number of hydrogen-bond donors (Lipinski definition) is 1. The summed E-state index contributed by atoms with van der Waals surface area (Å²) in [5.74, 6) is 0.751. The zero-order chi connectivity index (χ0) is 13.7. The summed E-state index contributed by atoms with van der Waals surface area (Å²) in [6.45, 7) is 4.39. The quantitative estimate of drug-likeness (QED) is 0.864. The number of carbonyl (C=O) groups is 1. The molecular weight excluding hydrogens is 242 g/mol. The molecule has 5 heteroatoms. The van der Waals surface area contributed by atoms with Gasteiger partial charge in [0.15, 0.2) is 6.61 Å². The van der Waals surface area contributed by atoms with Crippen LogP contribution >= 0.6 is 0 Å². The van der Waals surface area contributed by atoms with E-state index in [1.807, 2.05) is 31.0 Å². The third-order valence-corrected chi connectivity index (χ3v) is 3.23. The highest BCUT2D eigenvalue weighted by molar-refractivity contribution is 5.78. The topological polar surface area (TPSA) is 54.5 Å². The molecule has 0 radical (unpaired) electrons. The monoisotopic (exact) mass is 263 g/mol. The number of aryl methyl sites for hydroxylation is 1. The SMILES string of the molecule is CNCc1nc(C)ccc1OCC(=O)N1CCCC1. The van der Waals surface area contributed by atoms with Gasteiger partial charge >= 0.3 is 0 Å². The lowest BCUT2D eigenvalue weighted by Crippen LogP contribution is -2.32. The maximum Gasteiger partial charge on any atom is 0.260 e. The van der Waals surface area contributed by atoms with Crippen molar-refractivity contribution in [1.82, 2.24) is 15.2 Å². The molecule has 104 valence electrons.